The van der Waals surface area contributed by atoms with Crippen LogP contribution in [-0.2, 0) is 6.54 Å². The molecule has 2 aromatic rings. The van der Waals surface area contributed by atoms with E-state index < -0.39 is 0 Å². The molecule has 0 unspecified atom stereocenters. The minimum absolute atomic E-state index is 0.260. The lowest BCUT2D eigenvalue weighted by molar-refractivity contribution is 0.102. The summed E-state index contributed by atoms with van der Waals surface area (Å²) in [5.41, 5.74) is 2.37. The number of nitrogens with one attached hydrogen (secondary N) is 1. The summed E-state index contributed by atoms with van der Waals surface area (Å²) in [5, 5.41) is 3.75. The first-order valence-electron chi connectivity index (χ1n) is 9.08. The summed E-state index contributed by atoms with van der Waals surface area (Å²) in [6.45, 7) is 0.930. The fraction of sp³-hybridized carbons (Fsp3) is 0.381. The first kappa shape index (κ1) is 19.2. The normalized spacial score (nSPS) is 15.2. The molecule has 3 rings (SSSR count). The number of hydrogen-bond acceptors (Lipinski definition) is 2. The molecular formula is C21H24Cl2N2O. The summed E-state index contributed by atoms with van der Waals surface area (Å²) in [6, 6.07) is 13.5. The average Bonchev–Trinajstić information content (AvgIpc) is 2.66. The van der Waals surface area contributed by atoms with Crippen molar-refractivity contribution >= 4 is 34.8 Å². The van der Waals surface area contributed by atoms with E-state index in [0.717, 1.165) is 12.2 Å². The van der Waals surface area contributed by atoms with Gasteiger partial charge in [-0.1, -0.05) is 54.6 Å². The van der Waals surface area contributed by atoms with E-state index in [0.29, 0.717) is 21.7 Å². The summed E-state index contributed by atoms with van der Waals surface area (Å²) in [6.07, 6.45) is 6.64. The number of nitrogens with zero attached hydrogens (tertiary/aromatic N) is 1. The lowest BCUT2D eigenvalue weighted by Crippen LogP contribution is -2.32. The Kier molecular flexibility index (Phi) is 6.58. The van der Waals surface area contributed by atoms with Crippen molar-refractivity contribution in [1.29, 1.82) is 0 Å². The van der Waals surface area contributed by atoms with Crippen LogP contribution in [0.25, 0.3) is 0 Å². The van der Waals surface area contributed by atoms with E-state index in [1.807, 2.05) is 12.1 Å². The van der Waals surface area contributed by atoms with Crippen molar-refractivity contribution in [2.75, 3.05) is 12.4 Å². The van der Waals surface area contributed by atoms with Gasteiger partial charge in [0.05, 0.1) is 10.6 Å². The van der Waals surface area contributed by atoms with Crippen LogP contribution in [0.4, 0.5) is 5.69 Å². The van der Waals surface area contributed by atoms with Gasteiger partial charge in [0, 0.05) is 23.3 Å². The van der Waals surface area contributed by atoms with Gasteiger partial charge in [0.25, 0.3) is 5.91 Å². The first-order valence-corrected chi connectivity index (χ1v) is 9.84. The SMILES string of the molecule is CN(Cc1ccc(NC(=O)c2cc(Cl)ccc2Cl)cc1)C1CCCCC1. The summed E-state index contributed by atoms with van der Waals surface area (Å²) in [4.78, 5) is 14.8. The number of hydrogen-bond donors (Lipinski definition) is 1. The van der Waals surface area contributed by atoms with E-state index in [-0.39, 0.29) is 5.91 Å². The van der Waals surface area contributed by atoms with E-state index in [1.54, 1.807) is 18.2 Å². The number of carbonyl (C=O) groups excluding carboxylic acids is 1. The van der Waals surface area contributed by atoms with E-state index in [2.05, 4.69) is 29.4 Å². The molecule has 26 heavy (non-hydrogen) atoms. The van der Waals surface area contributed by atoms with Crippen LogP contribution in [0.15, 0.2) is 42.5 Å². The van der Waals surface area contributed by atoms with Gasteiger partial charge in [-0.15, -0.1) is 0 Å². The quantitative estimate of drug-likeness (QED) is 0.677. The van der Waals surface area contributed by atoms with Gasteiger partial charge in [-0.05, 0) is 55.8 Å². The third-order valence-corrected chi connectivity index (χ3v) is 5.58. The maximum Gasteiger partial charge on any atom is 0.257 e. The molecule has 3 nitrogen and oxygen atoms in total. The second-order valence-electron chi connectivity index (χ2n) is 6.98. The Morgan fingerprint density at radius 2 is 1.77 bits per heavy atom. The Morgan fingerprint density at radius 1 is 1.08 bits per heavy atom. The summed E-state index contributed by atoms with van der Waals surface area (Å²) in [5.74, 6) is -0.260. The van der Waals surface area contributed by atoms with E-state index in [1.165, 1.54) is 37.7 Å². The molecule has 0 heterocycles. The fourth-order valence-electron chi connectivity index (χ4n) is 3.50. The third kappa shape index (κ3) is 5.00. The smallest absolute Gasteiger partial charge is 0.257 e. The van der Waals surface area contributed by atoms with Crippen molar-refractivity contribution in [3.8, 4) is 0 Å². The maximum absolute atomic E-state index is 12.4. The number of amides is 1. The number of halogens is 2. The molecule has 1 N–H and O–H groups in total. The van der Waals surface area contributed by atoms with Gasteiger partial charge >= 0.3 is 0 Å². The molecule has 0 radical (unpaired) electrons. The standard InChI is InChI=1S/C21H24Cl2N2O/c1-25(18-5-3-2-4-6-18)14-15-7-10-17(11-8-15)24-21(26)19-13-16(22)9-12-20(19)23/h7-13,18H,2-6,14H2,1H3,(H,24,26). The highest BCUT2D eigenvalue weighted by Gasteiger charge is 2.18. The van der Waals surface area contributed by atoms with Crippen molar-refractivity contribution < 1.29 is 4.79 Å². The molecule has 1 fully saturated rings. The van der Waals surface area contributed by atoms with Gasteiger partial charge in [0.1, 0.15) is 0 Å². The average molecular weight is 391 g/mol. The van der Waals surface area contributed by atoms with Crippen molar-refractivity contribution in [1.82, 2.24) is 4.90 Å². The van der Waals surface area contributed by atoms with Gasteiger partial charge in [-0.25, -0.2) is 0 Å². The Balaban J connectivity index is 1.60. The molecule has 1 saturated carbocycles. The topological polar surface area (TPSA) is 32.3 Å². The minimum atomic E-state index is -0.260. The van der Waals surface area contributed by atoms with Crippen molar-refractivity contribution in [2.24, 2.45) is 0 Å². The maximum atomic E-state index is 12.4. The monoisotopic (exact) mass is 390 g/mol. The third-order valence-electron chi connectivity index (χ3n) is 5.01. The van der Waals surface area contributed by atoms with Crippen LogP contribution in [-0.4, -0.2) is 23.9 Å². The molecule has 1 amide bonds. The molecule has 0 saturated heterocycles. The second kappa shape index (κ2) is 8.90. The molecule has 0 aromatic heterocycles. The van der Waals surface area contributed by atoms with Crippen LogP contribution >= 0.6 is 23.2 Å². The molecule has 1 aliphatic rings. The first-order chi connectivity index (χ1) is 12.5. The predicted molar refractivity (Wildman–Crippen MR) is 109 cm³/mol. The van der Waals surface area contributed by atoms with Gasteiger partial charge in [-0.3, -0.25) is 9.69 Å². The molecule has 0 spiro atoms. The highest BCUT2D eigenvalue weighted by atomic mass is 35.5. The molecule has 0 bridgehead atoms. The van der Waals surface area contributed by atoms with E-state index >= 15 is 0 Å². The van der Waals surface area contributed by atoms with Crippen LogP contribution in [0, 0.1) is 0 Å². The van der Waals surface area contributed by atoms with Gasteiger partial charge in [-0.2, -0.15) is 0 Å². The zero-order valence-electron chi connectivity index (χ0n) is 15.0. The largest absolute Gasteiger partial charge is 0.322 e. The van der Waals surface area contributed by atoms with Crippen LogP contribution in [0.2, 0.25) is 10.0 Å². The van der Waals surface area contributed by atoms with Crippen LogP contribution in [0.1, 0.15) is 48.0 Å². The molecule has 138 valence electrons. The summed E-state index contributed by atoms with van der Waals surface area (Å²) < 4.78 is 0. The second-order valence-corrected chi connectivity index (χ2v) is 7.83. The fourth-order valence-corrected chi connectivity index (χ4v) is 3.88. The lowest BCUT2D eigenvalue weighted by atomic mass is 9.94. The zero-order valence-corrected chi connectivity index (χ0v) is 16.5. The van der Waals surface area contributed by atoms with Crippen LogP contribution in [0.5, 0.6) is 0 Å². The molecule has 2 aromatic carbocycles. The Morgan fingerprint density at radius 3 is 2.46 bits per heavy atom. The number of anilines is 1. The summed E-state index contributed by atoms with van der Waals surface area (Å²) in [7, 11) is 2.20. The molecule has 0 atom stereocenters. The minimum Gasteiger partial charge on any atom is -0.322 e. The van der Waals surface area contributed by atoms with Crippen LogP contribution < -0.4 is 5.32 Å². The van der Waals surface area contributed by atoms with Gasteiger partial charge < -0.3 is 5.32 Å². The van der Waals surface area contributed by atoms with Crippen molar-refractivity contribution in [3.63, 3.8) is 0 Å². The Labute approximate surface area is 165 Å². The van der Waals surface area contributed by atoms with E-state index in [4.69, 9.17) is 23.2 Å². The Bertz CT molecular complexity index is 755. The van der Waals surface area contributed by atoms with E-state index in [9.17, 15) is 4.79 Å². The molecule has 1 aliphatic carbocycles. The Hall–Kier alpha value is -1.55. The number of carbonyl (C=O) groups is 1. The van der Waals surface area contributed by atoms with Gasteiger partial charge in [0.2, 0.25) is 0 Å². The highest BCUT2D eigenvalue weighted by Crippen LogP contribution is 2.24. The number of benzene rings is 2. The highest BCUT2D eigenvalue weighted by molar-refractivity contribution is 6.36. The van der Waals surface area contributed by atoms with Crippen molar-refractivity contribution in [2.45, 2.75) is 44.7 Å². The lowest BCUT2D eigenvalue weighted by Gasteiger charge is -2.31. The molecular weight excluding hydrogens is 367 g/mol. The van der Waals surface area contributed by atoms with Crippen molar-refractivity contribution in [3.05, 3.63) is 63.6 Å². The van der Waals surface area contributed by atoms with Gasteiger partial charge in [0.15, 0.2) is 0 Å². The predicted octanol–water partition coefficient (Wildman–Crippen LogP) is 6.01. The number of rotatable bonds is 5. The molecule has 5 heteroatoms. The molecule has 0 aliphatic heterocycles. The zero-order chi connectivity index (χ0) is 18.5. The van der Waals surface area contributed by atoms with Crippen LogP contribution in [0.3, 0.4) is 0 Å². The summed E-state index contributed by atoms with van der Waals surface area (Å²) >= 11 is 12.0.